The van der Waals surface area contributed by atoms with Gasteiger partial charge in [-0.2, -0.15) is 0 Å². The molecule has 8 heteroatoms. The van der Waals surface area contributed by atoms with E-state index in [4.69, 9.17) is 9.47 Å². The maximum absolute atomic E-state index is 13.1. The summed E-state index contributed by atoms with van der Waals surface area (Å²) in [6.45, 7) is 0.173. The summed E-state index contributed by atoms with van der Waals surface area (Å²) in [4.78, 5) is 31.6. The maximum atomic E-state index is 13.1. The van der Waals surface area contributed by atoms with Crippen LogP contribution < -0.4 is 19.7 Å². The average molecular weight is 420 g/mol. The molecule has 8 nitrogen and oxygen atoms in total. The number of methoxy groups -OCH3 is 1. The number of rotatable bonds is 6. The predicted octanol–water partition coefficient (Wildman–Crippen LogP) is 2.45. The normalized spacial score (nSPS) is 14.3. The molecule has 0 saturated carbocycles. The van der Waals surface area contributed by atoms with Crippen LogP contribution in [0.3, 0.4) is 0 Å². The van der Waals surface area contributed by atoms with Gasteiger partial charge in [0.15, 0.2) is 0 Å². The first-order valence-electron chi connectivity index (χ1n) is 9.99. The summed E-state index contributed by atoms with van der Waals surface area (Å²) in [5, 5.41) is 3.04. The average Bonchev–Trinajstić information content (AvgIpc) is 3.15. The quantitative estimate of drug-likeness (QED) is 0.662. The summed E-state index contributed by atoms with van der Waals surface area (Å²) in [5.41, 5.74) is 1.45. The van der Waals surface area contributed by atoms with Gasteiger partial charge in [-0.3, -0.25) is 14.5 Å². The molecule has 0 aliphatic carbocycles. The molecular weight excluding hydrogens is 396 g/mol. The zero-order chi connectivity index (χ0) is 21.8. The van der Waals surface area contributed by atoms with Crippen molar-refractivity contribution in [3.8, 4) is 11.5 Å². The van der Waals surface area contributed by atoms with Crippen molar-refractivity contribution in [2.24, 2.45) is 7.05 Å². The minimum Gasteiger partial charge on any atom is -0.497 e. The van der Waals surface area contributed by atoms with Crippen LogP contribution in [0.25, 0.3) is 0 Å². The number of ether oxygens (including phenoxy) is 2. The van der Waals surface area contributed by atoms with Gasteiger partial charge in [0.1, 0.15) is 29.9 Å². The van der Waals surface area contributed by atoms with Crippen molar-refractivity contribution in [1.29, 1.82) is 0 Å². The molecule has 0 saturated heterocycles. The van der Waals surface area contributed by atoms with Crippen molar-refractivity contribution in [1.82, 2.24) is 14.9 Å². The second kappa shape index (κ2) is 8.91. The Morgan fingerprint density at radius 3 is 2.71 bits per heavy atom. The molecule has 1 atom stereocenters. The third kappa shape index (κ3) is 4.37. The number of carbonyl (C=O) groups excluding carboxylic acids is 2. The molecule has 3 aromatic rings. The topological polar surface area (TPSA) is 85.7 Å². The highest BCUT2D eigenvalue weighted by Gasteiger charge is 2.27. The van der Waals surface area contributed by atoms with Crippen LogP contribution in [0.5, 0.6) is 11.5 Å². The van der Waals surface area contributed by atoms with Gasteiger partial charge in [0.05, 0.1) is 25.8 Å². The predicted molar refractivity (Wildman–Crippen MR) is 115 cm³/mol. The number of hydrogen-bond acceptors (Lipinski definition) is 5. The molecule has 1 unspecified atom stereocenters. The standard InChI is InChI=1S/C23H24N4O4/c1-26-13-12-24-23(26)22(16-7-9-17(30-2)10-8-16)25-20(28)15-27-18-5-3-4-6-19(18)31-14-11-21(27)29/h3-10,12-13,22H,11,14-15H2,1-2H3,(H,25,28). The molecule has 1 aliphatic heterocycles. The lowest BCUT2D eigenvalue weighted by Crippen LogP contribution is -2.42. The molecule has 4 rings (SSSR count). The lowest BCUT2D eigenvalue weighted by atomic mass is 10.1. The molecule has 2 aromatic carbocycles. The Balaban J connectivity index is 1.59. The van der Waals surface area contributed by atoms with E-state index in [-0.39, 0.29) is 31.4 Å². The number of nitrogens with one attached hydrogen (secondary N) is 1. The van der Waals surface area contributed by atoms with E-state index < -0.39 is 6.04 Å². The van der Waals surface area contributed by atoms with Crippen molar-refractivity contribution in [3.05, 3.63) is 72.3 Å². The van der Waals surface area contributed by atoms with E-state index in [0.717, 1.165) is 11.3 Å². The van der Waals surface area contributed by atoms with Gasteiger partial charge >= 0.3 is 0 Å². The third-order valence-electron chi connectivity index (χ3n) is 5.20. The van der Waals surface area contributed by atoms with E-state index in [1.165, 1.54) is 4.90 Å². The number of fused-ring (bicyclic) bond motifs is 1. The molecule has 160 valence electrons. The fourth-order valence-electron chi connectivity index (χ4n) is 3.59. The van der Waals surface area contributed by atoms with Crippen molar-refractivity contribution in [2.75, 3.05) is 25.2 Å². The zero-order valence-corrected chi connectivity index (χ0v) is 17.4. The highest BCUT2D eigenvalue weighted by Crippen LogP contribution is 2.31. The summed E-state index contributed by atoms with van der Waals surface area (Å²) < 4.78 is 12.8. The van der Waals surface area contributed by atoms with Gasteiger partial charge in [0, 0.05) is 19.4 Å². The summed E-state index contributed by atoms with van der Waals surface area (Å²) in [6.07, 6.45) is 3.72. The van der Waals surface area contributed by atoms with Crippen LogP contribution in [0.2, 0.25) is 0 Å². The first-order valence-corrected chi connectivity index (χ1v) is 9.99. The number of nitrogens with zero attached hydrogens (tertiary/aromatic N) is 3. The molecule has 0 fully saturated rings. The van der Waals surface area contributed by atoms with Gasteiger partial charge in [-0.05, 0) is 29.8 Å². The minimum absolute atomic E-state index is 0.115. The number of imidazole rings is 1. The van der Waals surface area contributed by atoms with Gasteiger partial charge < -0.3 is 19.4 Å². The largest absolute Gasteiger partial charge is 0.497 e. The van der Waals surface area contributed by atoms with Crippen molar-refractivity contribution in [3.63, 3.8) is 0 Å². The summed E-state index contributed by atoms with van der Waals surface area (Å²) in [6, 6.07) is 14.2. The monoisotopic (exact) mass is 420 g/mol. The number of aryl methyl sites for hydroxylation is 1. The molecule has 0 radical (unpaired) electrons. The molecule has 1 aromatic heterocycles. The molecule has 31 heavy (non-hydrogen) atoms. The van der Waals surface area contributed by atoms with E-state index in [0.29, 0.717) is 17.3 Å². The number of carbonyl (C=O) groups is 2. The number of amides is 2. The van der Waals surface area contributed by atoms with E-state index in [9.17, 15) is 9.59 Å². The van der Waals surface area contributed by atoms with Crippen molar-refractivity contribution in [2.45, 2.75) is 12.5 Å². The molecule has 1 aliphatic rings. The summed E-state index contributed by atoms with van der Waals surface area (Å²) in [7, 11) is 3.48. The fraction of sp³-hybridized carbons (Fsp3) is 0.261. The van der Waals surface area contributed by atoms with Gasteiger partial charge in [0.2, 0.25) is 11.8 Å². The molecule has 2 amide bonds. The third-order valence-corrected chi connectivity index (χ3v) is 5.20. The van der Waals surface area contributed by atoms with Crippen LogP contribution in [-0.4, -0.2) is 41.6 Å². The fourth-order valence-corrected chi connectivity index (χ4v) is 3.59. The maximum Gasteiger partial charge on any atom is 0.240 e. The number of para-hydroxylation sites is 2. The number of aromatic nitrogens is 2. The first kappa shape index (κ1) is 20.5. The van der Waals surface area contributed by atoms with Crippen LogP contribution in [0.1, 0.15) is 23.9 Å². The van der Waals surface area contributed by atoms with Crippen molar-refractivity contribution >= 4 is 17.5 Å². The lowest BCUT2D eigenvalue weighted by molar-refractivity contribution is -0.124. The van der Waals surface area contributed by atoms with Gasteiger partial charge in [0.25, 0.3) is 0 Å². The molecule has 0 bridgehead atoms. The zero-order valence-electron chi connectivity index (χ0n) is 17.4. The second-order valence-corrected chi connectivity index (χ2v) is 7.22. The van der Waals surface area contributed by atoms with Crippen LogP contribution >= 0.6 is 0 Å². The lowest BCUT2D eigenvalue weighted by Gasteiger charge is -2.24. The smallest absolute Gasteiger partial charge is 0.240 e. The van der Waals surface area contributed by atoms with E-state index in [1.807, 2.05) is 54.2 Å². The van der Waals surface area contributed by atoms with Crippen LogP contribution in [0, 0.1) is 0 Å². The number of hydrogen-bond donors (Lipinski definition) is 1. The molecular formula is C23H24N4O4. The van der Waals surface area contributed by atoms with E-state index >= 15 is 0 Å². The van der Waals surface area contributed by atoms with E-state index in [1.54, 1.807) is 25.4 Å². The Morgan fingerprint density at radius 2 is 2.00 bits per heavy atom. The Morgan fingerprint density at radius 1 is 1.23 bits per heavy atom. The highest BCUT2D eigenvalue weighted by atomic mass is 16.5. The second-order valence-electron chi connectivity index (χ2n) is 7.22. The molecule has 1 N–H and O–H groups in total. The minimum atomic E-state index is -0.480. The SMILES string of the molecule is COc1ccc(C(NC(=O)CN2C(=O)CCOc3ccccc32)c2nccn2C)cc1. The van der Waals surface area contributed by atoms with Gasteiger partial charge in [-0.25, -0.2) is 4.98 Å². The van der Waals surface area contributed by atoms with E-state index in [2.05, 4.69) is 10.3 Å². The number of benzene rings is 2. The van der Waals surface area contributed by atoms with Gasteiger partial charge in [-0.1, -0.05) is 24.3 Å². The molecule has 0 spiro atoms. The van der Waals surface area contributed by atoms with Gasteiger partial charge in [-0.15, -0.1) is 0 Å². The summed E-state index contributed by atoms with van der Waals surface area (Å²) >= 11 is 0. The highest BCUT2D eigenvalue weighted by molar-refractivity contribution is 6.00. The number of anilines is 1. The first-order chi connectivity index (χ1) is 15.1. The molecule has 2 heterocycles. The summed E-state index contributed by atoms with van der Waals surface area (Å²) in [5.74, 6) is 1.55. The van der Waals surface area contributed by atoms with Crippen molar-refractivity contribution < 1.29 is 19.1 Å². The Hall–Kier alpha value is -3.81. The van der Waals surface area contributed by atoms with Crippen LogP contribution in [0.4, 0.5) is 5.69 Å². The Bertz CT molecular complexity index is 1080. The van der Waals surface area contributed by atoms with Crippen LogP contribution in [0.15, 0.2) is 60.9 Å². The Kier molecular flexibility index (Phi) is 5.88. The Labute approximate surface area is 180 Å². The van der Waals surface area contributed by atoms with Crippen LogP contribution in [-0.2, 0) is 16.6 Å².